The van der Waals surface area contributed by atoms with E-state index >= 15 is 0 Å². The number of nitrogens with one attached hydrogen (secondary N) is 1. The van der Waals surface area contributed by atoms with Crippen LogP contribution in [0.15, 0.2) is 83.5 Å². The highest BCUT2D eigenvalue weighted by Crippen LogP contribution is 2.41. The topological polar surface area (TPSA) is 51.5 Å². The molecule has 0 unspecified atom stereocenters. The molecule has 0 atom stereocenters. The van der Waals surface area contributed by atoms with Crippen LogP contribution in [0.25, 0.3) is 38.4 Å². The average Bonchev–Trinajstić information content (AvgIpc) is 3.30. The fourth-order valence-electron chi connectivity index (χ4n) is 4.62. The number of methoxy groups -OCH3 is 1. The van der Waals surface area contributed by atoms with E-state index in [4.69, 9.17) is 20.8 Å². The van der Waals surface area contributed by atoms with E-state index in [1.807, 2.05) is 45.0 Å². The molecular formula is C31H26ClNO3. The SMILES string of the molecule is COc1c(/C(C)=C/C(=O)Nc2cc(Cl)ccc2C)cc2c(-c3ccc4ccccc4c3)coc2c1C. The Kier molecular flexibility index (Phi) is 6.29. The molecule has 0 fully saturated rings. The monoisotopic (exact) mass is 495 g/mol. The number of rotatable bonds is 5. The summed E-state index contributed by atoms with van der Waals surface area (Å²) in [5.74, 6) is 0.446. The van der Waals surface area contributed by atoms with Gasteiger partial charge in [0, 0.05) is 38.9 Å². The number of halogens is 1. The summed E-state index contributed by atoms with van der Waals surface area (Å²) in [4.78, 5) is 12.9. The van der Waals surface area contributed by atoms with Crippen molar-refractivity contribution in [3.05, 3.63) is 101 Å². The summed E-state index contributed by atoms with van der Waals surface area (Å²) in [6.45, 7) is 5.81. The van der Waals surface area contributed by atoms with Crippen LogP contribution in [0.2, 0.25) is 5.02 Å². The van der Waals surface area contributed by atoms with E-state index in [0.717, 1.165) is 44.4 Å². The summed E-state index contributed by atoms with van der Waals surface area (Å²) in [5.41, 5.74) is 6.95. The number of hydrogen-bond acceptors (Lipinski definition) is 3. The number of allylic oxidation sites excluding steroid dienone is 1. The van der Waals surface area contributed by atoms with Gasteiger partial charge < -0.3 is 14.5 Å². The van der Waals surface area contributed by atoms with Crippen molar-refractivity contribution in [3.63, 3.8) is 0 Å². The predicted molar refractivity (Wildman–Crippen MR) is 149 cm³/mol. The van der Waals surface area contributed by atoms with Crippen LogP contribution in [-0.4, -0.2) is 13.0 Å². The number of furan rings is 1. The summed E-state index contributed by atoms with van der Waals surface area (Å²) in [6, 6.07) is 22.1. The molecule has 0 saturated heterocycles. The number of fused-ring (bicyclic) bond motifs is 2. The minimum Gasteiger partial charge on any atom is -0.496 e. The molecule has 0 aliphatic rings. The molecule has 180 valence electrons. The smallest absolute Gasteiger partial charge is 0.248 e. The van der Waals surface area contributed by atoms with Crippen LogP contribution >= 0.6 is 11.6 Å². The highest BCUT2D eigenvalue weighted by Gasteiger charge is 2.19. The number of anilines is 1. The fraction of sp³-hybridized carbons (Fsp3) is 0.129. The second-order valence-electron chi connectivity index (χ2n) is 8.95. The normalized spacial score (nSPS) is 11.8. The molecule has 0 aliphatic carbocycles. The van der Waals surface area contributed by atoms with Gasteiger partial charge in [0.1, 0.15) is 11.3 Å². The molecule has 1 N–H and O–H groups in total. The first-order valence-electron chi connectivity index (χ1n) is 11.7. The van der Waals surface area contributed by atoms with E-state index in [1.54, 1.807) is 31.6 Å². The zero-order valence-corrected chi connectivity index (χ0v) is 21.4. The number of ether oxygens (including phenoxy) is 1. The molecule has 0 saturated carbocycles. The van der Waals surface area contributed by atoms with Crippen molar-refractivity contribution in [2.24, 2.45) is 0 Å². The van der Waals surface area contributed by atoms with Gasteiger partial charge in [0.25, 0.3) is 0 Å². The molecule has 5 aromatic rings. The van der Waals surface area contributed by atoms with E-state index in [1.165, 1.54) is 10.8 Å². The lowest BCUT2D eigenvalue weighted by Gasteiger charge is -2.14. The van der Waals surface area contributed by atoms with E-state index in [0.29, 0.717) is 16.5 Å². The Morgan fingerprint density at radius 2 is 1.78 bits per heavy atom. The quantitative estimate of drug-likeness (QED) is 0.248. The maximum Gasteiger partial charge on any atom is 0.248 e. The van der Waals surface area contributed by atoms with Crippen molar-refractivity contribution < 1.29 is 13.9 Å². The Morgan fingerprint density at radius 3 is 2.56 bits per heavy atom. The zero-order valence-electron chi connectivity index (χ0n) is 20.6. The largest absolute Gasteiger partial charge is 0.496 e. The average molecular weight is 496 g/mol. The number of hydrogen-bond donors (Lipinski definition) is 1. The van der Waals surface area contributed by atoms with Crippen LogP contribution in [0, 0.1) is 13.8 Å². The lowest BCUT2D eigenvalue weighted by Crippen LogP contribution is -2.10. The van der Waals surface area contributed by atoms with Crippen molar-refractivity contribution in [2.45, 2.75) is 20.8 Å². The molecule has 1 heterocycles. The molecule has 0 radical (unpaired) electrons. The second-order valence-corrected chi connectivity index (χ2v) is 9.38. The van der Waals surface area contributed by atoms with Gasteiger partial charge in [-0.05, 0) is 72.5 Å². The first-order valence-corrected chi connectivity index (χ1v) is 12.1. The Balaban J connectivity index is 1.58. The molecule has 5 heteroatoms. The van der Waals surface area contributed by atoms with Crippen molar-refractivity contribution in [1.82, 2.24) is 0 Å². The summed E-state index contributed by atoms with van der Waals surface area (Å²) in [6.07, 6.45) is 3.37. The van der Waals surface area contributed by atoms with Crippen molar-refractivity contribution in [3.8, 4) is 16.9 Å². The Morgan fingerprint density at radius 1 is 1.00 bits per heavy atom. The third kappa shape index (κ3) is 4.36. The van der Waals surface area contributed by atoms with Gasteiger partial charge in [-0.25, -0.2) is 0 Å². The lowest BCUT2D eigenvalue weighted by atomic mass is 9.95. The van der Waals surface area contributed by atoms with Crippen LogP contribution in [0.4, 0.5) is 5.69 Å². The molecule has 0 aliphatic heterocycles. The van der Waals surface area contributed by atoms with Crippen molar-refractivity contribution in [1.29, 1.82) is 0 Å². The number of carbonyl (C=O) groups excluding carboxylic acids is 1. The van der Waals surface area contributed by atoms with Gasteiger partial charge in [0.2, 0.25) is 5.91 Å². The minimum absolute atomic E-state index is 0.236. The van der Waals surface area contributed by atoms with Crippen molar-refractivity contribution >= 4 is 50.5 Å². The number of benzene rings is 4. The maximum atomic E-state index is 12.9. The fourth-order valence-corrected chi connectivity index (χ4v) is 4.80. The van der Waals surface area contributed by atoms with Crippen LogP contribution in [-0.2, 0) is 4.79 Å². The van der Waals surface area contributed by atoms with Gasteiger partial charge in [0.05, 0.1) is 13.4 Å². The first kappa shape index (κ1) is 23.7. The van der Waals surface area contributed by atoms with Crippen LogP contribution < -0.4 is 10.1 Å². The van der Waals surface area contributed by atoms with Gasteiger partial charge in [-0.3, -0.25) is 4.79 Å². The molecule has 4 aromatic carbocycles. The molecule has 5 rings (SSSR count). The molecule has 4 nitrogen and oxygen atoms in total. The third-order valence-corrected chi connectivity index (χ3v) is 6.77. The maximum absolute atomic E-state index is 12.9. The molecule has 1 amide bonds. The standard InChI is InChI=1S/C31H26ClNO3/c1-18-9-12-24(32)15-28(18)33-29(34)13-19(2)25-16-26-27(17-36-31(26)20(3)30(25)35-4)23-11-10-21-7-5-6-8-22(21)14-23/h5-17H,1-4H3,(H,33,34)/b19-13+. The molecule has 36 heavy (non-hydrogen) atoms. The molecule has 1 aromatic heterocycles. The highest BCUT2D eigenvalue weighted by molar-refractivity contribution is 6.31. The van der Waals surface area contributed by atoms with Gasteiger partial charge in [-0.1, -0.05) is 54.1 Å². The van der Waals surface area contributed by atoms with E-state index in [2.05, 4.69) is 35.6 Å². The van der Waals surface area contributed by atoms with Gasteiger partial charge in [-0.15, -0.1) is 0 Å². The lowest BCUT2D eigenvalue weighted by molar-refractivity contribution is -0.111. The summed E-state index contributed by atoms with van der Waals surface area (Å²) < 4.78 is 11.8. The van der Waals surface area contributed by atoms with Crippen molar-refractivity contribution in [2.75, 3.05) is 12.4 Å². The van der Waals surface area contributed by atoms with Crippen LogP contribution in [0.5, 0.6) is 5.75 Å². The Bertz CT molecular complexity index is 1660. The minimum atomic E-state index is -0.236. The third-order valence-electron chi connectivity index (χ3n) is 6.54. The van der Waals surface area contributed by atoms with Gasteiger partial charge in [-0.2, -0.15) is 0 Å². The summed E-state index contributed by atoms with van der Waals surface area (Å²) in [7, 11) is 1.63. The van der Waals surface area contributed by atoms with E-state index < -0.39 is 0 Å². The van der Waals surface area contributed by atoms with Crippen LogP contribution in [0.3, 0.4) is 0 Å². The molecule has 0 bridgehead atoms. The summed E-state index contributed by atoms with van der Waals surface area (Å²) >= 11 is 6.11. The Hall–Kier alpha value is -4.02. The first-order chi connectivity index (χ1) is 17.4. The predicted octanol–water partition coefficient (Wildman–Crippen LogP) is 8.57. The number of aryl methyl sites for hydroxylation is 2. The van der Waals surface area contributed by atoms with Crippen LogP contribution in [0.1, 0.15) is 23.6 Å². The molecule has 0 spiro atoms. The highest BCUT2D eigenvalue weighted by atomic mass is 35.5. The Labute approximate surface area is 215 Å². The summed E-state index contributed by atoms with van der Waals surface area (Å²) in [5, 5.41) is 6.82. The van der Waals surface area contributed by atoms with Gasteiger partial charge >= 0.3 is 0 Å². The second kappa shape index (κ2) is 9.56. The van der Waals surface area contributed by atoms with Gasteiger partial charge in [0.15, 0.2) is 0 Å². The van der Waals surface area contributed by atoms with E-state index in [9.17, 15) is 4.79 Å². The van der Waals surface area contributed by atoms with E-state index in [-0.39, 0.29) is 5.91 Å². The molecular weight excluding hydrogens is 470 g/mol. The zero-order chi connectivity index (χ0) is 25.4. The number of carbonyl (C=O) groups is 1. The number of amides is 1.